The first-order valence-electron chi connectivity index (χ1n) is 6.77. The molecule has 0 aliphatic heterocycles. The highest BCUT2D eigenvalue weighted by atomic mass is 16.2. The average Bonchev–Trinajstić information content (AvgIpc) is 2.45. The normalized spacial score (nSPS) is 10.6. The average molecular weight is 289 g/mol. The summed E-state index contributed by atoms with van der Waals surface area (Å²) in [4.78, 5) is 31.8. The zero-order valence-corrected chi connectivity index (χ0v) is 12.1. The summed E-state index contributed by atoms with van der Waals surface area (Å²) in [6, 6.07) is 3.30. The van der Waals surface area contributed by atoms with Gasteiger partial charge in [0.25, 0.3) is 5.56 Å². The van der Waals surface area contributed by atoms with Crippen molar-refractivity contribution in [1.82, 2.24) is 15.3 Å². The topological polar surface area (TPSA) is 104 Å². The summed E-state index contributed by atoms with van der Waals surface area (Å²) in [5.74, 6) is -0.0716. The molecule has 0 atom stereocenters. The fraction of sp³-hybridized carbons (Fsp3) is 0.357. The summed E-state index contributed by atoms with van der Waals surface area (Å²) in [5.41, 5.74) is 7.40. The molecule has 1 amide bonds. The minimum Gasteiger partial charge on any atom is -0.397 e. The summed E-state index contributed by atoms with van der Waals surface area (Å²) in [6.45, 7) is 2.84. The van der Waals surface area contributed by atoms with Crippen molar-refractivity contribution in [2.75, 3.05) is 30.8 Å². The molecule has 0 aliphatic carbocycles. The SMILES string of the molecule is CCCNC(=O)CN(C)c1cc2nc[nH]c(=O)c2cc1N. The lowest BCUT2D eigenvalue weighted by atomic mass is 10.2. The van der Waals surface area contributed by atoms with Crippen LogP contribution in [0.4, 0.5) is 11.4 Å². The molecule has 0 bridgehead atoms. The van der Waals surface area contributed by atoms with Crippen LogP contribution in [0.5, 0.6) is 0 Å². The monoisotopic (exact) mass is 289 g/mol. The summed E-state index contributed by atoms with van der Waals surface area (Å²) < 4.78 is 0. The van der Waals surface area contributed by atoms with Gasteiger partial charge in [0.15, 0.2) is 0 Å². The fourth-order valence-corrected chi connectivity index (χ4v) is 2.07. The second-order valence-corrected chi connectivity index (χ2v) is 4.87. The van der Waals surface area contributed by atoms with E-state index in [0.717, 1.165) is 6.42 Å². The zero-order valence-electron chi connectivity index (χ0n) is 12.1. The molecule has 0 saturated carbocycles. The predicted octanol–water partition coefficient (Wildman–Crippen LogP) is 0.468. The molecular formula is C14H19N5O2. The molecule has 4 N–H and O–H groups in total. The lowest BCUT2D eigenvalue weighted by molar-refractivity contribution is -0.119. The Morgan fingerprint density at radius 3 is 2.95 bits per heavy atom. The molecule has 0 spiro atoms. The Balaban J connectivity index is 2.27. The number of rotatable bonds is 5. The van der Waals surface area contributed by atoms with E-state index in [4.69, 9.17) is 5.73 Å². The molecule has 7 nitrogen and oxygen atoms in total. The number of benzene rings is 1. The largest absolute Gasteiger partial charge is 0.397 e. The van der Waals surface area contributed by atoms with E-state index in [9.17, 15) is 9.59 Å². The Labute approximate surface area is 122 Å². The first-order valence-corrected chi connectivity index (χ1v) is 6.77. The van der Waals surface area contributed by atoms with Crippen molar-refractivity contribution in [3.05, 3.63) is 28.8 Å². The van der Waals surface area contributed by atoms with Crippen LogP contribution in [-0.4, -0.2) is 36.0 Å². The number of nitrogens with two attached hydrogens (primary N) is 1. The van der Waals surface area contributed by atoms with E-state index in [0.29, 0.717) is 28.8 Å². The van der Waals surface area contributed by atoms with Crippen molar-refractivity contribution in [2.24, 2.45) is 0 Å². The highest BCUT2D eigenvalue weighted by Gasteiger charge is 2.12. The number of amides is 1. The van der Waals surface area contributed by atoms with Crippen LogP contribution < -0.4 is 21.5 Å². The molecule has 0 unspecified atom stereocenters. The molecule has 0 saturated heterocycles. The Bertz CT molecular complexity index is 710. The van der Waals surface area contributed by atoms with Gasteiger partial charge in [0.05, 0.1) is 35.1 Å². The minimum absolute atomic E-state index is 0.0716. The van der Waals surface area contributed by atoms with Crippen molar-refractivity contribution in [1.29, 1.82) is 0 Å². The maximum absolute atomic E-state index is 11.8. The molecule has 2 rings (SSSR count). The highest BCUT2D eigenvalue weighted by molar-refractivity contribution is 5.90. The number of fused-ring (bicyclic) bond motifs is 1. The van der Waals surface area contributed by atoms with Crippen LogP contribution in [0.2, 0.25) is 0 Å². The van der Waals surface area contributed by atoms with Crippen LogP contribution in [-0.2, 0) is 4.79 Å². The lowest BCUT2D eigenvalue weighted by Crippen LogP contribution is -2.35. The third kappa shape index (κ3) is 3.31. The van der Waals surface area contributed by atoms with Crippen molar-refractivity contribution in [3.8, 4) is 0 Å². The van der Waals surface area contributed by atoms with E-state index >= 15 is 0 Å². The van der Waals surface area contributed by atoms with E-state index in [-0.39, 0.29) is 18.0 Å². The number of nitrogens with zero attached hydrogens (tertiary/aromatic N) is 2. The summed E-state index contributed by atoms with van der Waals surface area (Å²) in [6.07, 6.45) is 2.23. The number of H-pyrrole nitrogens is 1. The van der Waals surface area contributed by atoms with Crippen LogP contribution in [0.1, 0.15) is 13.3 Å². The van der Waals surface area contributed by atoms with E-state index in [1.165, 1.54) is 6.33 Å². The standard InChI is InChI=1S/C14H19N5O2/c1-3-4-16-13(20)7-19(2)12-6-11-9(5-10(12)15)14(21)18-8-17-11/h5-6,8H,3-4,7,15H2,1-2H3,(H,16,20)(H,17,18,21). The second kappa shape index (κ2) is 6.25. The molecule has 1 heterocycles. The number of carbonyl (C=O) groups is 1. The molecule has 112 valence electrons. The smallest absolute Gasteiger partial charge is 0.258 e. The van der Waals surface area contributed by atoms with Gasteiger partial charge in [-0.25, -0.2) is 4.98 Å². The van der Waals surface area contributed by atoms with Gasteiger partial charge in [-0.15, -0.1) is 0 Å². The molecule has 1 aromatic heterocycles. The molecule has 2 aromatic rings. The van der Waals surface area contributed by atoms with Crippen molar-refractivity contribution in [2.45, 2.75) is 13.3 Å². The van der Waals surface area contributed by atoms with Gasteiger partial charge in [0, 0.05) is 13.6 Å². The van der Waals surface area contributed by atoms with Crippen LogP contribution in [0.3, 0.4) is 0 Å². The van der Waals surface area contributed by atoms with Gasteiger partial charge in [-0.05, 0) is 18.6 Å². The van der Waals surface area contributed by atoms with Crippen molar-refractivity contribution in [3.63, 3.8) is 0 Å². The summed E-state index contributed by atoms with van der Waals surface area (Å²) >= 11 is 0. The van der Waals surface area contributed by atoms with Crippen LogP contribution >= 0.6 is 0 Å². The van der Waals surface area contributed by atoms with Crippen LogP contribution in [0.25, 0.3) is 10.9 Å². The van der Waals surface area contributed by atoms with Gasteiger partial charge in [-0.2, -0.15) is 0 Å². The second-order valence-electron chi connectivity index (χ2n) is 4.87. The van der Waals surface area contributed by atoms with Gasteiger partial charge in [-0.1, -0.05) is 6.92 Å². The Morgan fingerprint density at radius 2 is 2.24 bits per heavy atom. The van der Waals surface area contributed by atoms with Crippen LogP contribution in [0, 0.1) is 0 Å². The molecule has 1 aromatic carbocycles. The van der Waals surface area contributed by atoms with Crippen molar-refractivity contribution < 1.29 is 4.79 Å². The number of carbonyl (C=O) groups excluding carboxylic acids is 1. The quantitative estimate of drug-likeness (QED) is 0.694. The predicted molar refractivity (Wildman–Crippen MR) is 83.3 cm³/mol. The zero-order chi connectivity index (χ0) is 15.4. The maximum Gasteiger partial charge on any atom is 0.258 e. The Morgan fingerprint density at radius 1 is 1.48 bits per heavy atom. The summed E-state index contributed by atoms with van der Waals surface area (Å²) in [5, 5.41) is 3.24. The third-order valence-electron chi connectivity index (χ3n) is 3.15. The van der Waals surface area contributed by atoms with Gasteiger partial charge >= 0.3 is 0 Å². The Kier molecular flexibility index (Phi) is 4.42. The highest BCUT2D eigenvalue weighted by Crippen LogP contribution is 2.25. The number of likely N-dealkylation sites (N-methyl/N-ethyl adjacent to an activating group) is 1. The molecule has 7 heteroatoms. The molecule has 0 aliphatic rings. The van der Waals surface area contributed by atoms with Crippen molar-refractivity contribution >= 4 is 28.2 Å². The lowest BCUT2D eigenvalue weighted by Gasteiger charge is -2.20. The first kappa shape index (κ1) is 14.8. The minimum atomic E-state index is -0.235. The van der Waals surface area contributed by atoms with Gasteiger partial charge in [-0.3, -0.25) is 9.59 Å². The molecule has 0 radical (unpaired) electrons. The number of nitrogen functional groups attached to an aromatic ring is 1. The number of aromatic amines is 1. The third-order valence-corrected chi connectivity index (χ3v) is 3.15. The maximum atomic E-state index is 11.8. The number of nitrogens with one attached hydrogen (secondary N) is 2. The Hall–Kier alpha value is -2.57. The first-order chi connectivity index (χ1) is 10.0. The summed E-state index contributed by atoms with van der Waals surface area (Å²) in [7, 11) is 1.77. The molecule has 0 fully saturated rings. The van der Waals surface area contributed by atoms with E-state index < -0.39 is 0 Å². The number of hydrogen-bond donors (Lipinski definition) is 3. The molecular weight excluding hydrogens is 270 g/mol. The fourth-order valence-electron chi connectivity index (χ4n) is 2.07. The van der Waals surface area contributed by atoms with E-state index in [2.05, 4.69) is 15.3 Å². The van der Waals surface area contributed by atoms with E-state index in [1.807, 2.05) is 6.92 Å². The number of hydrogen-bond acceptors (Lipinski definition) is 5. The van der Waals surface area contributed by atoms with Gasteiger partial charge in [0.1, 0.15) is 0 Å². The van der Waals surface area contributed by atoms with Gasteiger partial charge in [0.2, 0.25) is 5.91 Å². The van der Waals surface area contributed by atoms with E-state index in [1.54, 1.807) is 24.1 Å². The molecule has 21 heavy (non-hydrogen) atoms. The number of aromatic nitrogens is 2. The van der Waals surface area contributed by atoms with Crippen LogP contribution in [0.15, 0.2) is 23.3 Å². The number of anilines is 2. The van der Waals surface area contributed by atoms with Gasteiger partial charge < -0.3 is 20.9 Å².